The quantitative estimate of drug-likeness (QED) is 0.884. The first-order valence-corrected chi connectivity index (χ1v) is 7.63. The van der Waals surface area contributed by atoms with E-state index in [1.165, 1.54) is 31.2 Å². The van der Waals surface area contributed by atoms with Gasteiger partial charge in [0.25, 0.3) is 0 Å². The summed E-state index contributed by atoms with van der Waals surface area (Å²) in [4.78, 5) is 0. The third-order valence-electron chi connectivity index (χ3n) is 4.48. The second kappa shape index (κ2) is 6.98. The molecule has 3 atom stereocenters. The maximum atomic E-state index is 5.50. The Labute approximate surface area is 122 Å². The molecule has 1 aromatic rings. The zero-order chi connectivity index (χ0) is 14.5. The van der Waals surface area contributed by atoms with E-state index < -0.39 is 0 Å². The molecule has 1 aliphatic rings. The molecule has 0 spiro atoms. The van der Waals surface area contributed by atoms with Crippen molar-refractivity contribution in [1.29, 1.82) is 0 Å². The number of nitrogens with one attached hydrogen (secondary N) is 1. The van der Waals surface area contributed by atoms with E-state index in [0.717, 1.165) is 17.4 Å². The van der Waals surface area contributed by atoms with Gasteiger partial charge < -0.3 is 14.8 Å². The molecule has 20 heavy (non-hydrogen) atoms. The Hall–Kier alpha value is -1.22. The molecule has 3 unspecified atom stereocenters. The van der Waals surface area contributed by atoms with Crippen molar-refractivity contribution in [3.63, 3.8) is 0 Å². The lowest BCUT2D eigenvalue weighted by Crippen LogP contribution is -2.38. The van der Waals surface area contributed by atoms with E-state index in [9.17, 15) is 0 Å². The van der Waals surface area contributed by atoms with Gasteiger partial charge in [-0.25, -0.2) is 0 Å². The van der Waals surface area contributed by atoms with Crippen molar-refractivity contribution in [1.82, 2.24) is 5.32 Å². The van der Waals surface area contributed by atoms with Crippen LogP contribution >= 0.6 is 0 Å². The lowest BCUT2D eigenvalue weighted by atomic mass is 9.85. The molecule has 0 amide bonds. The number of methoxy groups -OCH3 is 2. The fourth-order valence-corrected chi connectivity index (χ4v) is 3.15. The summed E-state index contributed by atoms with van der Waals surface area (Å²) < 4.78 is 10.8. The molecule has 1 N–H and O–H groups in total. The summed E-state index contributed by atoms with van der Waals surface area (Å²) in [7, 11) is 3.40. The third-order valence-corrected chi connectivity index (χ3v) is 4.48. The fraction of sp³-hybridized carbons (Fsp3) is 0.647. The second-order valence-electron chi connectivity index (χ2n) is 5.86. The molecule has 1 aliphatic carbocycles. The van der Waals surface area contributed by atoms with Gasteiger partial charge >= 0.3 is 0 Å². The fourth-order valence-electron chi connectivity index (χ4n) is 3.15. The van der Waals surface area contributed by atoms with Crippen LogP contribution in [0.2, 0.25) is 0 Å². The summed E-state index contributed by atoms with van der Waals surface area (Å²) in [6, 6.07) is 6.97. The Bertz CT molecular complexity index is 433. The van der Waals surface area contributed by atoms with Gasteiger partial charge in [-0.15, -0.1) is 0 Å². The van der Waals surface area contributed by atoms with Crippen molar-refractivity contribution in [2.75, 3.05) is 14.2 Å². The Morgan fingerprint density at radius 2 is 1.90 bits per heavy atom. The van der Waals surface area contributed by atoms with Crippen LogP contribution in [0.4, 0.5) is 0 Å². The van der Waals surface area contributed by atoms with E-state index in [1.807, 2.05) is 12.1 Å². The Balaban J connectivity index is 2.09. The molecule has 112 valence electrons. The summed E-state index contributed by atoms with van der Waals surface area (Å²) >= 11 is 0. The molecule has 0 saturated heterocycles. The number of ether oxygens (including phenoxy) is 2. The minimum Gasteiger partial charge on any atom is -0.497 e. The molecule has 0 bridgehead atoms. The molecular weight excluding hydrogens is 250 g/mol. The highest BCUT2D eigenvalue weighted by atomic mass is 16.5. The van der Waals surface area contributed by atoms with Crippen LogP contribution in [0.25, 0.3) is 0 Å². The molecule has 1 saturated carbocycles. The molecule has 0 heterocycles. The van der Waals surface area contributed by atoms with E-state index >= 15 is 0 Å². The van der Waals surface area contributed by atoms with E-state index in [4.69, 9.17) is 9.47 Å². The van der Waals surface area contributed by atoms with Gasteiger partial charge in [-0.2, -0.15) is 0 Å². The van der Waals surface area contributed by atoms with Crippen LogP contribution in [-0.4, -0.2) is 20.3 Å². The smallest absolute Gasteiger partial charge is 0.127 e. The van der Waals surface area contributed by atoms with Gasteiger partial charge in [0, 0.05) is 23.7 Å². The topological polar surface area (TPSA) is 30.5 Å². The molecule has 2 rings (SSSR count). The average Bonchev–Trinajstić information content (AvgIpc) is 2.48. The van der Waals surface area contributed by atoms with Gasteiger partial charge in [0.1, 0.15) is 11.5 Å². The lowest BCUT2D eigenvalue weighted by molar-refractivity contribution is 0.261. The second-order valence-corrected chi connectivity index (χ2v) is 5.86. The van der Waals surface area contributed by atoms with E-state index in [2.05, 4.69) is 25.2 Å². The van der Waals surface area contributed by atoms with Gasteiger partial charge in [0.15, 0.2) is 0 Å². The van der Waals surface area contributed by atoms with E-state index in [0.29, 0.717) is 12.1 Å². The lowest BCUT2D eigenvalue weighted by Gasteiger charge is -2.32. The minimum absolute atomic E-state index is 0.293. The number of hydrogen-bond donors (Lipinski definition) is 1. The highest BCUT2D eigenvalue weighted by Gasteiger charge is 2.24. The first-order chi connectivity index (χ1) is 9.65. The van der Waals surface area contributed by atoms with Gasteiger partial charge in [0.2, 0.25) is 0 Å². The van der Waals surface area contributed by atoms with E-state index in [-0.39, 0.29) is 0 Å². The molecule has 3 heteroatoms. The van der Waals surface area contributed by atoms with Crippen molar-refractivity contribution in [2.24, 2.45) is 5.92 Å². The summed E-state index contributed by atoms with van der Waals surface area (Å²) in [6.07, 6.45) is 5.34. The maximum absolute atomic E-state index is 5.50. The zero-order valence-corrected chi connectivity index (χ0v) is 13.1. The van der Waals surface area contributed by atoms with Crippen molar-refractivity contribution < 1.29 is 9.47 Å². The highest BCUT2D eigenvalue weighted by Crippen LogP contribution is 2.31. The van der Waals surface area contributed by atoms with Crippen LogP contribution in [-0.2, 0) is 0 Å². The third kappa shape index (κ3) is 3.45. The molecule has 1 fully saturated rings. The molecule has 0 radical (unpaired) electrons. The molecular formula is C17H27NO2. The van der Waals surface area contributed by atoms with Crippen LogP contribution < -0.4 is 14.8 Å². The van der Waals surface area contributed by atoms with Gasteiger partial charge in [-0.3, -0.25) is 0 Å². The Morgan fingerprint density at radius 1 is 1.15 bits per heavy atom. The SMILES string of the molecule is COc1ccc(C(C)NC2CCCCC2C)c(OC)c1. The zero-order valence-electron chi connectivity index (χ0n) is 13.1. The van der Waals surface area contributed by atoms with Crippen LogP contribution in [0.1, 0.15) is 51.1 Å². The normalized spacial score (nSPS) is 24.2. The summed E-state index contributed by atoms with van der Waals surface area (Å²) in [5.74, 6) is 2.49. The maximum Gasteiger partial charge on any atom is 0.127 e. The first kappa shape index (κ1) is 15.2. The number of rotatable bonds is 5. The predicted octanol–water partition coefficient (Wildman–Crippen LogP) is 3.93. The molecule has 1 aromatic carbocycles. The average molecular weight is 277 g/mol. The van der Waals surface area contributed by atoms with Crippen LogP contribution in [0, 0.1) is 5.92 Å². The standard InChI is InChI=1S/C17H27NO2/c1-12-7-5-6-8-16(12)18-13(2)15-10-9-14(19-3)11-17(15)20-4/h9-13,16,18H,5-8H2,1-4H3. The van der Waals surface area contributed by atoms with Crippen LogP contribution in [0.3, 0.4) is 0 Å². The van der Waals surface area contributed by atoms with Crippen molar-refractivity contribution >= 4 is 0 Å². The Kier molecular flexibility index (Phi) is 5.30. The van der Waals surface area contributed by atoms with Gasteiger partial charge in [0.05, 0.1) is 14.2 Å². The minimum atomic E-state index is 0.293. The monoisotopic (exact) mass is 277 g/mol. The van der Waals surface area contributed by atoms with Crippen LogP contribution in [0.5, 0.6) is 11.5 Å². The number of hydrogen-bond acceptors (Lipinski definition) is 3. The van der Waals surface area contributed by atoms with Gasteiger partial charge in [-0.05, 0) is 31.7 Å². The summed E-state index contributed by atoms with van der Waals surface area (Å²) in [6.45, 7) is 4.57. The first-order valence-electron chi connectivity index (χ1n) is 7.63. The van der Waals surface area contributed by atoms with Crippen molar-refractivity contribution in [3.05, 3.63) is 23.8 Å². The molecule has 3 nitrogen and oxygen atoms in total. The van der Waals surface area contributed by atoms with Gasteiger partial charge in [-0.1, -0.05) is 25.8 Å². The summed E-state index contributed by atoms with van der Waals surface area (Å²) in [5.41, 5.74) is 1.20. The number of benzene rings is 1. The largest absolute Gasteiger partial charge is 0.497 e. The summed E-state index contributed by atoms with van der Waals surface area (Å²) in [5, 5.41) is 3.78. The van der Waals surface area contributed by atoms with E-state index in [1.54, 1.807) is 14.2 Å². The van der Waals surface area contributed by atoms with Crippen molar-refractivity contribution in [2.45, 2.75) is 51.6 Å². The van der Waals surface area contributed by atoms with Crippen LogP contribution in [0.15, 0.2) is 18.2 Å². The highest BCUT2D eigenvalue weighted by molar-refractivity contribution is 5.42. The molecule has 0 aromatic heterocycles. The van der Waals surface area contributed by atoms with Crippen molar-refractivity contribution in [3.8, 4) is 11.5 Å². The predicted molar refractivity (Wildman–Crippen MR) is 82.5 cm³/mol. The Morgan fingerprint density at radius 3 is 2.55 bits per heavy atom. The molecule has 0 aliphatic heterocycles.